The van der Waals surface area contributed by atoms with E-state index in [1.54, 1.807) is 12.4 Å². The van der Waals surface area contributed by atoms with E-state index in [1.807, 2.05) is 30.3 Å². The van der Waals surface area contributed by atoms with Gasteiger partial charge in [-0.25, -0.2) is 4.99 Å². The van der Waals surface area contributed by atoms with Crippen LogP contribution in [0.5, 0.6) is 0 Å². The predicted molar refractivity (Wildman–Crippen MR) is 60.9 cm³/mol. The van der Waals surface area contributed by atoms with Crippen molar-refractivity contribution in [2.24, 2.45) is 4.99 Å². The number of aromatic amines is 1. The van der Waals surface area contributed by atoms with Crippen LogP contribution in [0.15, 0.2) is 41.5 Å². The first-order valence-corrected chi connectivity index (χ1v) is 4.67. The quantitative estimate of drug-likeness (QED) is 0.352. The maximum absolute atomic E-state index is 8.28. The first kappa shape index (κ1) is 9.93. The second-order valence-electron chi connectivity index (χ2n) is 3.03. The monoisotopic (exact) mass is 211 g/mol. The van der Waals surface area contributed by atoms with Crippen LogP contribution in [0.25, 0.3) is 11.3 Å². The van der Waals surface area contributed by atoms with Gasteiger partial charge in [-0.15, -0.1) is 0 Å². The molecule has 0 atom stereocenters. The Bertz CT molecular complexity index is 522. The molecule has 1 heterocycles. The largest absolute Gasteiger partial charge is 0.283 e. The maximum Gasteiger partial charge on any atom is 0.182 e. The molecule has 0 fully saturated rings. The Morgan fingerprint density at radius 3 is 3.12 bits per heavy atom. The molecule has 2 N–H and O–H groups in total. The molecule has 0 saturated carbocycles. The van der Waals surface area contributed by atoms with Gasteiger partial charge in [0.2, 0.25) is 0 Å². The molecule has 2 aromatic rings. The van der Waals surface area contributed by atoms with Gasteiger partial charge < -0.3 is 0 Å². The zero-order valence-electron chi connectivity index (χ0n) is 8.38. The van der Waals surface area contributed by atoms with Crippen LogP contribution in [-0.2, 0) is 0 Å². The lowest BCUT2D eigenvalue weighted by molar-refractivity contribution is 1.10. The number of nitriles is 1. The average molecular weight is 211 g/mol. The molecule has 0 spiro atoms. The number of rotatable bonds is 3. The Morgan fingerprint density at radius 2 is 2.38 bits per heavy atom. The third-order valence-corrected chi connectivity index (χ3v) is 2.00. The molecule has 0 amide bonds. The van der Waals surface area contributed by atoms with Gasteiger partial charge >= 0.3 is 0 Å². The van der Waals surface area contributed by atoms with Crippen molar-refractivity contribution in [2.45, 2.75) is 0 Å². The zero-order valence-corrected chi connectivity index (χ0v) is 8.38. The molecule has 0 bridgehead atoms. The van der Waals surface area contributed by atoms with E-state index in [0.717, 1.165) is 16.9 Å². The second kappa shape index (κ2) is 4.75. The molecular formula is C11H9N5. The summed E-state index contributed by atoms with van der Waals surface area (Å²) in [7, 11) is 0. The van der Waals surface area contributed by atoms with Gasteiger partial charge in [0.25, 0.3) is 0 Å². The normalized spacial score (nSPS) is 10.2. The third-order valence-electron chi connectivity index (χ3n) is 2.00. The fourth-order valence-electron chi connectivity index (χ4n) is 1.31. The standard InChI is InChI=1S/C11H9N5/c12-7-13-8-14-10-3-1-2-9(6-10)11-4-5-15-16-11/h1-6,8H,(H,13,14)(H,15,16). The minimum atomic E-state index is 0.773. The Labute approximate surface area is 92.5 Å². The van der Waals surface area contributed by atoms with E-state index in [4.69, 9.17) is 5.26 Å². The van der Waals surface area contributed by atoms with Crippen molar-refractivity contribution < 1.29 is 0 Å². The fourth-order valence-corrected chi connectivity index (χ4v) is 1.31. The molecule has 5 nitrogen and oxygen atoms in total. The molecule has 2 rings (SSSR count). The van der Waals surface area contributed by atoms with E-state index in [1.165, 1.54) is 6.34 Å². The van der Waals surface area contributed by atoms with Crippen LogP contribution in [0, 0.1) is 11.5 Å². The van der Waals surface area contributed by atoms with Crippen molar-refractivity contribution >= 4 is 12.0 Å². The summed E-state index contributed by atoms with van der Waals surface area (Å²) in [6.07, 6.45) is 4.81. The molecular weight excluding hydrogens is 202 g/mol. The molecule has 5 heteroatoms. The van der Waals surface area contributed by atoms with Crippen molar-refractivity contribution in [1.82, 2.24) is 15.5 Å². The van der Waals surface area contributed by atoms with E-state index in [-0.39, 0.29) is 0 Å². The average Bonchev–Trinajstić information content (AvgIpc) is 2.83. The number of hydrogen-bond donors (Lipinski definition) is 2. The Balaban J connectivity index is 2.24. The summed E-state index contributed by atoms with van der Waals surface area (Å²) in [4.78, 5) is 4.07. The first-order chi connectivity index (χ1) is 7.90. The van der Waals surface area contributed by atoms with Crippen LogP contribution in [0.1, 0.15) is 0 Å². The summed E-state index contributed by atoms with van der Waals surface area (Å²) in [6, 6.07) is 9.51. The summed E-state index contributed by atoms with van der Waals surface area (Å²) < 4.78 is 0. The van der Waals surface area contributed by atoms with Gasteiger partial charge in [0.1, 0.15) is 6.34 Å². The van der Waals surface area contributed by atoms with Gasteiger partial charge in [-0.1, -0.05) is 12.1 Å². The van der Waals surface area contributed by atoms with Gasteiger partial charge in [0.15, 0.2) is 6.19 Å². The summed E-state index contributed by atoms with van der Waals surface area (Å²) in [5.74, 6) is 0. The number of hydrogen-bond acceptors (Lipinski definition) is 3. The highest BCUT2D eigenvalue weighted by Crippen LogP contribution is 2.21. The number of aliphatic imine (C=N–C) groups is 1. The zero-order chi connectivity index (χ0) is 11.2. The number of nitrogens with zero attached hydrogens (tertiary/aromatic N) is 3. The van der Waals surface area contributed by atoms with Gasteiger partial charge in [0, 0.05) is 11.8 Å². The lowest BCUT2D eigenvalue weighted by atomic mass is 10.1. The van der Waals surface area contributed by atoms with Crippen molar-refractivity contribution in [3.8, 4) is 17.5 Å². The highest BCUT2D eigenvalue weighted by atomic mass is 15.1. The summed E-state index contributed by atoms with van der Waals surface area (Å²) in [5.41, 5.74) is 2.71. The van der Waals surface area contributed by atoms with Crippen molar-refractivity contribution in [3.05, 3.63) is 36.5 Å². The van der Waals surface area contributed by atoms with E-state index >= 15 is 0 Å². The van der Waals surface area contributed by atoms with E-state index in [2.05, 4.69) is 20.5 Å². The molecule has 0 aliphatic heterocycles. The van der Waals surface area contributed by atoms with Crippen LogP contribution >= 0.6 is 0 Å². The molecule has 0 radical (unpaired) electrons. The molecule has 16 heavy (non-hydrogen) atoms. The van der Waals surface area contributed by atoms with Crippen LogP contribution in [0.2, 0.25) is 0 Å². The highest BCUT2D eigenvalue weighted by molar-refractivity contribution is 5.67. The van der Waals surface area contributed by atoms with Crippen molar-refractivity contribution in [3.63, 3.8) is 0 Å². The highest BCUT2D eigenvalue weighted by Gasteiger charge is 1.98. The van der Waals surface area contributed by atoms with Crippen LogP contribution in [0.3, 0.4) is 0 Å². The minimum Gasteiger partial charge on any atom is -0.283 e. The SMILES string of the molecule is N#CNC=Nc1cccc(-c2ccn[nH]2)c1. The van der Waals surface area contributed by atoms with Crippen LogP contribution in [0.4, 0.5) is 5.69 Å². The van der Waals surface area contributed by atoms with Gasteiger partial charge in [-0.3, -0.25) is 10.4 Å². The fraction of sp³-hybridized carbons (Fsp3) is 0. The lowest BCUT2D eigenvalue weighted by Gasteiger charge is -1.98. The first-order valence-electron chi connectivity index (χ1n) is 4.67. The van der Waals surface area contributed by atoms with Crippen LogP contribution in [-0.4, -0.2) is 16.5 Å². The van der Waals surface area contributed by atoms with Crippen molar-refractivity contribution in [2.75, 3.05) is 0 Å². The molecule has 1 aromatic carbocycles. The third kappa shape index (κ3) is 2.25. The van der Waals surface area contributed by atoms with Gasteiger partial charge in [0.05, 0.1) is 11.4 Å². The lowest BCUT2D eigenvalue weighted by Crippen LogP contribution is -1.98. The molecule has 0 saturated heterocycles. The Kier molecular flexibility index (Phi) is 2.95. The van der Waals surface area contributed by atoms with E-state index in [0.29, 0.717) is 0 Å². The van der Waals surface area contributed by atoms with Crippen LogP contribution < -0.4 is 5.32 Å². The second-order valence-corrected chi connectivity index (χ2v) is 3.03. The molecule has 0 aliphatic carbocycles. The number of aromatic nitrogens is 2. The summed E-state index contributed by atoms with van der Waals surface area (Å²) in [6.45, 7) is 0. The van der Waals surface area contributed by atoms with E-state index < -0.39 is 0 Å². The minimum absolute atomic E-state index is 0.773. The number of benzene rings is 1. The Hall–Kier alpha value is -2.61. The topological polar surface area (TPSA) is 76.9 Å². The molecule has 0 unspecified atom stereocenters. The van der Waals surface area contributed by atoms with Gasteiger partial charge in [-0.2, -0.15) is 10.4 Å². The van der Waals surface area contributed by atoms with E-state index in [9.17, 15) is 0 Å². The maximum atomic E-state index is 8.28. The van der Waals surface area contributed by atoms with Crippen molar-refractivity contribution in [1.29, 1.82) is 5.26 Å². The number of H-pyrrole nitrogens is 1. The molecule has 0 aliphatic rings. The molecule has 1 aromatic heterocycles. The smallest absolute Gasteiger partial charge is 0.182 e. The van der Waals surface area contributed by atoms with Gasteiger partial charge in [-0.05, 0) is 18.2 Å². The summed E-state index contributed by atoms with van der Waals surface area (Å²) in [5, 5.41) is 17.4. The Morgan fingerprint density at radius 1 is 1.44 bits per heavy atom. The summed E-state index contributed by atoms with van der Waals surface area (Å²) >= 11 is 0. The number of nitrogens with one attached hydrogen (secondary N) is 2. The predicted octanol–water partition coefficient (Wildman–Crippen LogP) is 1.81. The molecule has 78 valence electrons.